The zero-order valence-corrected chi connectivity index (χ0v) is 22.5. The zero-order valence-electron chi connectivity index (χ0n) is 21.7. The molecular formula is C27H26F2N6O4S. The van der Waals surface area contributed by atoms with Crippen LogP contribution in [-0.4, -0.2) is 65.3 Å². The number of nitrogens with one attached hydrogen (secondary N) is 1. The van der Waals surface area contributed by atoms with Crippen molar-refractivity contribution in [3.8, 4) is 11.4 Å². The summed E-state index contributed by atoms with van der Waals surface area (Å²) in [6, 6.07) is 13.0. The number of hydrogen-bond donors (Lipinski definition) is 1. The van der Waals surface area contributed by atoms with E-state index in [2.05, 4.69) is 20.2 Å². The third-order valence-electron chi connectivity index (χ3n) is 6.33. The molecule has 0 aliphatic carbocycles. The molecule has 5 rings (SSSR count). The molecule has 208 valence electrons. The number of anilines is 1. The SMILES string of the molecule is C[C@@H]1CN(c2cccc(-c3ccc4cnc(CNC(=O)c5cc(S(=O)(=O)C(F)F)ccn5)cc4n3)n2)C[C@H](C)O1. The van der Waals surface area contributed by atoms with Gasteiger partial charge in [-0.1, -0.05) is 6.07 Å². The molecule has 2 atom stereocenters. The van der Waals surface area contributed by atoms with Crippen LogP contribution in [0.4, 0.5) is 14.6 Å². The van der Waals surface area contributed by atoms with Crippen molar-refractivity contribution in [2.24, 2.45) is 0 Å². The number of carbonyl (C=O) groups is 1. The fourth-order valence-corrected chi connectivity index (χ4v) is 5.21. The number of amides is 1. The van der Waals surface area contributed by atoms with Gasteiger partial charge in [0.15, 0.2) is 0 Å². The van der Waals surface area contributed by atoms with Gasteiger partial charge in [-0.25, -0.2) is 18.4 Å². The van der Waals surface area contributed by atoms with E-state index in [0.29, 0.717) is 22.6 Å². The second kappa shape index (κ2) is 11.2. The number of sulfone groups is 1. The molecule has 0 bridgehead atoms. The van der Waals surface area contributed by atoms with E-state index in [9.17, 15) is 22.0 Å². The Bertz CT molecular complexity index is 1660. The Morgan fingerprint density at radius 1 is 1.05 bits per heavy atom. The number of rotatable bonds is 7. The van der Waals surface area contributed by atoms with E-state index in [0.717, 1.165) is 42.6 Å². The quantitative estimate of drug-likeness (QED) is 0.356. The van der Waals surface area contributed by atoms with Crippen LogP contribution in [0, 0.1) is 0 Å². The minimum Gasteiger partial charge on any atom is -0.372 e. The minimum atomic E-state index is -4.85. The number of nitrogens with zero attached hydrogens (tertiary/aromatic N) is 5. The number of carbonyl (C=O) groups excluding carboxylic acids is 1. The summed E-state index contributed by atoms with van der Waals surface area (Å²) in [7, 11) is -4.85. The Morgan fingerprint density at radius 2 is 1.80 bits per heavy atom. The van der Waals surface area contributed by atoms with E-state index in [1.165, 1.54) is 0 Å². The maximum Gasteiger partial charge on any atom is 0.341 e. The highest BCUT2D eigenvalue weighted by molar-refractivity contribution is 7.91. The van der Waals surface area contributed by atoms with Crippen LogP contribution >= 0.6 is 0 Å². The second-order valence-corrected chi connectivity index (χ2v) is 11.4. The van der Waals surface area contributed by atoms with Gasteiger partial charge in [-0.15, -0.1) is 0 Å². The first-order valence-corrected chi connectivity index (χ1v) is 14.0. The van der Waals surface area contributed by atoms with Crippen LogP contribution in [0.15, 0.2) is 65.8 Å². The van der Waals surface area contributed by atoms with Gasteiger partial charge in [-0.2, -0.15) is 8.78 Å². The minimum absolute atomic E-state index is 0.0185. The lowest BCUT2D eigenvalue weighted by atomic mass is 10.1. The predicted octanol–water partition coefficient (Wildman–Crippen LogP) is 3.63. The maximum atomic E-state index is 12.9. The van der Waals surface area contributed by atoms with Crippen molar-refractivity contribution in [1.29, 1.82) is 0 Å². The molecule has 0 spiro atoms. The van der Waals surface area contributed by atoms with Gasteiger partial charge < -0.3 is 15.0 Å². The van der Waals surface area contributed by atoms with E-state index in [1.807, 2.05) is 44.2 Å². The van der Waals surface area contributed by atoms with Gasteiger partial charge in [-0.05, 0) is 56.3 Å². The lowest BCUT2D eigenvalue weighted by Gasteiger charge is -2.36. The van der Waals surface area contributed by atoms with Crippen molar-refractivity contribution in [2.75, 3.05) is 18.0 Å². The van der Waals surface area contributed by atoms with Crippen molar-refractivity contribution in [3.63, 3.8) is 0 Å². The fraction of sp³-hybridized carbons (Fsp3) is 0.296. The zero-order chi connectivity index (χ0) is 28.4. The molecule has 1 saturated heterocycles. The van der Waals surface area contributed by atoms with E-state index in [-0.39, 0.29) is 24.4 Å². The van der Waals surface area contributed by atoms with Gasteiger partial charge in [0.05, 0.1) is 46.2 Å². The fourth-order valence-electron chi connectivity index (χ4n) is 4.48. The molecule has 10 nitrogen and oxygen atoms in total. The molecule has 1 fully saturated rings. The number of morpholine rings is 1. The summed E-state index contributed by atoms with van der Waals surface area (Å²) in [4.78, 5) is 31.8. The van der Waals surface area contributed by atoms with Crippen LogP contribution < -0.4 is 10.2 Å². The molecular weight excluding hydrogens is 542 g/mol. The van der Waals surface area contributed by atoms with Crippen LogP contribution in [0.1, 0.15) is 30.0 Å². The molecule has 1 aliphatic heterocycles. The first-order valence-electron chi connectivity index (χ1n) is 12.5. The molecule has 0 saturated carbocycles. The monoisotopic (exact) mass is 568 g/mol. The molecule has 1 N–H and O–H groups in total. The van der Waals surface area contributed by atoms with Gasteiger partial charge in [0.1, 0.15) is 11.5 Å². The second-order valence-electron chi connectivity index (χ2n) is 9.47. The number of fused-ring (bicyclic) bond motifs is 1. The Balaban J connectivity index is 1.33. The van der Waals surface area contributed by atoms with Gasteiger partial charge >= 0.3 is 5.76 Å². The topological polar surface area (TPSA) is 127 Å². The van der Waals surface area contributed by atoms with E-state index in [4.69, 9.17) is 14.7 Å². The van der Waals surface area contributed by atoms with Gasteiger partial charge in [0, 0.05) is 30.9 Å². The van der Waals surface area contributed by atoms with Gasteiger partial charge in [0.25, 0.3) is 5.91 Å². The molecule has 0 radical (unpaired) electrons. The van der Waals surface area contributed by atoms with E-state index < -0.39 is 26.4 Å². The van der Waals surface area contributed by atoms with Crippen LogP contribution in [-0.2, 0) is 21.1 Å². The molecule has 5 heterocycles. The average molecular weight is 569 g/mol. The highest BCUT2D eigenvalue weighted by Crippen LogP contribution is 2.24. The summed E-state index contributed by atoms with van der Waals surface area (Å²) >= 11 is 0. The highest BCUT2D eigenvalue weighted by atomic mass is 32.2. The van der Waals surface area contributed by atoms with Crippen molar-refractivity contribution in [2.45, 2.75) is 43.3 Å². The highest BCUT2D eigenvalue weighted by Gasteiger charge is 2.27. The third kappa shape index (κ3) is 5.89. The first kappa shape index (κ1) is 27.5. The summed E-state index contributed by atoms with van der Waals surface area (Å²) in [5.74, 6) is -3.49. The number of ether oxygens (including phenoxy) is 1. The third-order valence-corrected chi connectivity index (χ3v) is 7.71. The molecule has 4 aromatic heterocycles. The van der Waals surface area contributed by atoms with Crippen molar-refractivity contribution in [3.05, 3.63) is 72.3 Å². The smallest absolute Gasteiger partial charge is 0.341 e. The number of halogens is 2. The summed E-state index contributed by atoms with van der Waals surface area (Å²) in [6.07, 6.45) is 2.82. The molecule has 1 aliphatic rings. The molecule has 1 amide bonds. The molecule has 13 heteroatoms. The average Bonchev–Trinajstić information content (AvgIpc) is 2.95. The summed E-state index contributed by atoms with van der Waals surface area (Å²) < 4.78 is 55.0. The maximum absolute atomic E-state index is 12.9. The van der Waals surface area contributed by atoms with Crippen LogP contribution in [0.25, 0.3) is 22.3 Å². The van der Waals surface area contributed by atoms with Crippen LogP contribution in [0.5, 0.6) is 0 Å². The van der Waals surface area contributed by atoms with Crippen LogP contribution in [0.3, 0.4) is 0 Å². The molecule has 0 aromatic carbocycles. The summed E-state index contributed by atoms with van der Waals surface area (Å²) in [6.45, 7) is 5.55. The lowest BCUT2D eigenvalue weighted by molar-refractivity contribution is -0.00545. The Hall–Kier alpha value is -4.10. The number of alkyl halides is 2. The first-order chi connectivity index (χ1) is 19.1. The van der Waals surface area contributed by atoms with Crippen molar-refractivity contribution < 1.29 is 26.7 Å². The standard InChI is InChI=1S/C27H26F2N6O4S/c1-16-14-35(15-17(2)39-16)25-5-3-4-21(34-25)22-7-6-18-12-31-19(10-23(18)33-22)13-32-26(36)24-11-20(8-9-30-24)40(37,38)27(28)29/h3-12,16-17,27H,13-15H2,1-2H3,(H,32,36)/t16-,17+. The van der Waals surface area contributed by atoms with Gasteiger partial charge in [-0.3, -0.25) is 14.8 Å². The Kier molecular flexibility index (Phi) is 7.68. The van der Waals surface area contributed by atoms with E-state index in [1.54, 1.807) is 12.3 Å². The number of aromatic nitrogens is 4. The number of pyridine rings is 4. The lowest BCUT2D eigenvalue weighted by Crippen LogP contribution is -2.45. The summed E-state index contributed by atoms with van der Waals surface area (Å²) in [5, 5.41) is 3.37. The number of hydrogen-bond acceptors (Lipinski definition) is 9. The molecule has 4 aromatic rings. The predicted molar refractivity (Wildman–Crippen MR) is 144 cm³/mol. The molecule has 0 unspecified atom stereocenters. The molecule has 40 heavy (non-hydrogen) atoms. The van der Waals surface area contributed by atoms with Crippen molar-refractivity contribution in [1.82, 2.24) is 25.3 Å². The van der Waals surface area contributed by atoms with Crippen molar-refractivity contribution >= 4 is 32.5 Å². The Morgan fingerprint density at radius 3 is 2.55 bits per heavy atom. The normalized spacial score (nSPS) is 17.8. The van der Waals surface area contributed by atoms with Crippen LogP contribution in [0.2, 0.25) is 0 Å². The van der Waals surface area contributed by atoms with E-state index >= 15 is 0 Å². The largest absolute Gasteiger partial charge is 0.372 e. The summed E-state index contributed by atoms with van der Waals surface area (Å²) in [5.41, 5.74) is 2.20. The van der Waals surface area contributed by atoms with Gasteiger partial charge in [0.2, 0.25) is 9.84 Å². The Labute approximate surface area is 229 Å².